The first kappa shape index (κ1) is 13.1. The number of likely N-dealkylation sites (tertiary alicyclic amines) is 1. The molecule has 0 radical (unpaired) electrons. The van der Waals surface area contributed by atoms with E-state index < -0.39 is 5.54 Å². The van der Waals surface area contributed by atoms with Crippen molar-refractivity contribution in [2.75, 3.05) is 13.6 Å². The Bertz CT molecular complexity index is 593. The van der Waals surface area contributed by atoms with Gasteiger partial charge in [-0.25, -0.2) is 0 Å². The van der Waals surface area contributed by atoms with Gasteiger partial charge in [0.25, 0.3) is 0 Å². The number of benzene rings is 2. The summed E-state index contributed by atoms with van der Waals surface area (Å²) in [5, 5.41) is 0. The lowest BCUT2D eigenvalue weighted by Crippen LogP contribution is -2.45. The molecule has 0 spiro atoms. The monoisotopic (exact) mass is 265 g/mol. The Morgan fingerprint density at radius 2 is 1.60 bits per heavy atom. The van der Waals surface area contributed by atoms with Gasteiger partial charge in [-0.05, 0) is 18.2 Å². The fourth-order valence-corrected chi connectivity index (χ4v) is 3.20. The molecule has 0 aliphatic carbocycles. The number of ketones is 1. The van der Waals surface area contributed by atoms with Crippen LogP contribution in [-0.2, 0) is 16.8 Å². The highest BCUT2D eigenvalue weighted by molar-refractivity contribution is 5.92. The maximum Gasteiger partial charge on any atom is 0.159 e. The fourth-order valence-electron chi connectivity index (χ4n) is 3.20. The van der Waals surface area contributed by atoms with Crippen molar-refractivity contribution in [3.63, 3.8) is 0 Å². The van der Waals surface area contributed by atoms with E-state index in [9.17, 15) is 4.79 Å². The molecule has 102 valence electrons. The van der Waals surface area contributed by atoms with Crippen LogP contribution < -0.4 is 0 Å². The van der Waals surface area contributed by atoms with Crippen LogP contribution in [0.25, 0.3) is 0 Å². The number of likely N-dealkylation sites (N-methyl/N-ethyl adjacent to an activating group) is 1. The van der Waals surface area contributed by atoms with Gasteiger partial charge in [-0.2, -0.15) is 0 Å². The lowest BCUT2D eigenvalue weighted by atomic mass is 9.81. The Labute approximate surface area is 120 Å². The van der Waals surface area contributed by atoms with Gasteiger partial charge in [0.2, 0.25) is 0 Å². The van der Waals surface area contributed by atoms with Gasteiger partial charge < -0.3 is 0 Å². The second-order valence-corrected chi connectivity index (χ2v) is 5.48. The number of Topliss-reactive ketones (excluding diaryl/α,β-unsaturated/α-hetero) is 1. The van der Waals surface area contributed by atoms with Crippen LogP contribution in [0.5, 0.6) is 0 Å². The highest BCUT2D eigenvalue weighted by Gasteiger charge is 2.47. The molecule has 0 saturated carbocycles. The van der Waals surface area contributed by atoms with Crippen LogP contribution in [0.2, 0.25) is 0 Å². The van der Waals surface area contributed by atoms with E-state index in [1.807, 2.05) is 36.4 Å². The minimum Gasteiger partial charge on any atom is -0.297 e. The normalized spacial score (nSPS) is 23.1. The van der Waals surface area contributed by atoms with Gasteiger partial charge >= 0.3 is 0 Å². The molecule has 1 unspecified atom stereocenters. The SMILES string of the molecule is CN1CCC(=O)C1(Cc1ccccc1)c1ccccc1. The lowest BCUT2D eigenvalue weighted by molar-refractivity contribution is -0.125. The molecule has 2 heteroatoms. The van der Waals surface area contributed by atoms with Crippen molar-refractivity contribution in [3.8, 4) is 0 Å². The van der Waals surface area contributed by atoms with E-state index in [1.165, 1.54) is 5.56 Å². The van der Waals surface area contributed by atoms with E-state index in [1.54, 1.807) is 0 Å². The summed E-state index contributed by atoms with van der Waals surface area (Å²) in [5.74, 6) is 0.329. The Kier molecular flexibility index (Phi) is 3.41. The number of hydrogen-bond acceptors (Lipinski definition) is 2. The van der Waals surface area contributed by atoms with Gasteiger partial charge in [0.15, 0.2) is 5.78 Å². The van der Waals surface area contributed by atoms with Gasteiger partial charge in [0.05, 0.1) is 0 Å². The molecule has 0 aromatic heterocycles. The molecule has 1 aliphatic heterocycles. The molecule has 3 rings (SSSR count). The molecule has 1 saturated heterocycles. The maximum atomic E-state index is 12.7. The smallest absolute Gasteiger partial charge is 0.159 e. The first-order chi connectivity index (χ1) is 9.73. The summed E-state index contributed by atoms with van der Waals surface area (Å²) in [6.45, 7) is 0.834. The highest BCUT2D eigenvalue weighted by atomic mass is 16.1. The summed E-state index contributed by atoms with van der Waals surface area (Å²) in [6.07, 6.45) is 1.38. The second-order valence-electron chi connectivity index (χ2n) is 5.48. The Morgan fingerprint density at radius 1 is 1.00 bits per heavy atom. The third-order valence-corrected chi connectivity index (χ3v) is 4.34. The molecule has 2 aromatic carbocycles. The van der Waals surface area contributed by atoms with Gasteiger partial charge in [0, 0.05) is 19.4 Å². The second kappa shape index (κ2) is 5.22. The zero-order valence-electron chi connectivity index (χ0n) is 11.8. The van der Waals surface area contributed by atoms with Gasteiger partial charge in [-0.15, -0.1) is 0 Å². The van der Waals surface area contributed by atoms with Crippen LogP contribution >= 0.6 is 0 Å². The van der Waals surface area contributed by atoms with Crippen molar-refractivity contribution < 1.29 is 4.79 Å². The molecule has 1 heterocycles. The number of carbonyl (C=O) groups excluding carboxylic acids is 1. The van der Waals surface area contributed by atoms with Crippen molar-refractivity contribution in [3.05, 3.63) is 71.8 Å². The molecule has 2 aromatic rings. The molecular weight excluding hydrogens is 246 g/mol. The predicted octanol–water partition coefficient (Wildman–Crippen LogP) is 3.03. The van der Waals surface area contributed by atoms with E-state index >= 15 is 0 Å². The molecule has 20 heavy (non-hydrogen) atoms. The number of nitrogens with zero attached hydrogens (tertiary/aromatic N) is 1. The van der Waals surface area contributed by atoms with E-state index in [2.05, 4.69) is 36.2 Å². The van der Waals surface area contributed by atoms with Gasteiger partial charge in [-0.1, -0.05) is 60.7 Å². The largest absolute Gasteiger partial charge is 0.297 e. The van der Waals surface area contributed by atoms with Crippen LogP contribution in [-0.4, -0.2) is 24.3 Å². The topological polar surface area (TPSA) is 20.3 Å². The fraction of sp³-hybridized carbons (Fsp3) is 0.278. The predicted molar refractivity (Wildman–Crippen MR) is 80.5 cm³/mol. The first-order valence-electron chi connectivity index (χ1n) is 7.07. The van der Waals surface area contributed by atoms with E-state index in [0.717, 1.165) is 18.5 Å². The number of hydrogen-bond donors (Lipinski definition) is 0. The molecule has 1 aliphatic rings. The zero-order valence-corrected chi connectivity index (χ0v) is 11.8. The van der Waals surface area contributed by atoms with Crippen molar-refractivity contribution in [2.45, 2.75) is 18.4 Å². The number of carbonyl (C=O) groups is 1. The Morgan fingerprint density at radius 3 is 2.15 bits per heavy atom. The van der Waals surface area contributed by atoms with Crippen molar-refractivity contribution in [1.82, 2.24) is 4.90 Å². The first-order valence-corrected chi connectivity index (χ1v) is 7.07. The van der Waals surface area contributed by atoms with Crippen LogP contribution in [0, 0.1) is 0 Å². The van der Waals surface area contributed by atoms with Crippen molar-refractivity contribution in [2.24, 2.45) is 0 Å². The molecule has 1 fully saturated rings. The summed E-state index contributed by atoms with van der Waals surface area (Å²) >= 11 is 0. The minimum absolute atomic E-state index is 0.329. The summed E-state index contributed by atoms with van der Waals surface area (Å²) in [7, 11) is 2.06. The standard InChI is InChI=1S/C18H19NO/c1-19-13-12-17(20)18(19,16-10-6-3-7-11-16)14-15-8-4-2-5-9-15/h2-11H,12-14H2,1H3. The van der Waals surface area contributed by atoms with Crippen molar-refractivity contribution >= 4 is 5.78 Å². The maximum absolute atomic E-state index is 12.7. The minimum atomic E-state index is -0.497. The van der Waals surface area contributed by atoms with Gasteiger partial charge in [-0.3, -0.25) is 9.69 Å². The van der Waals surface area contributed by atoms with Crippen LogP contribution in [0.1, 0.15) is 17.5 Å². The lowest BCUT2D eigenvalue weighted by Gasteiger charge is -2.35. The average molecular weight is 265 g/mol. The van der Waals surface area contributed by atoms with Crippen LogP contribution in [0.4, 0.5) is 0 Å². The Balaban J connectivity index is 2.07. The van der Waals surface area contributed by atoms with E-state index in [4.69, 9.17) is 0 Å². The quantitative estimate of drug-likeness (QED) is 0.850. The summed E-state index contributed by atoms with van der Waals surface area (Å²) in [4.78, 5) is 14.9. The average Bonchev–Trinajstić information content (AvgIpc) is 2.78. The molecule has 0 N–H and O–H groups in total. The third kappa shape index (κ3) is 2.06. The van der Waals surface area contributed by atoms with E-state index in [-0.39, 0.29) is 0 Å². The van der Waals surface area contributed by atoms with Crippen LogP contribution in [0.3, 0.4) is 0 Å². The van der Waals surface area contributed by atoms with Gasteiger partial charge in [0.1, 0.15) is 5.54 Å². The van der Waals surface area contributed by atoms with E-state index in [0.29, 0.717) is 12.2 Å². The molecule has 0 amide bonds. The zero-order chi connectivity index (χ0) is 14.0. The van der Waals surface area contributed by atoms with Crippen LogP contribution in [0.15, 0.2) is 60.7 Å². The molecular formula is C18H19NO. The summed E-state index contributed by atoms with van der Waals surface area (Å²) in [5.41, 5.74) is 1.81. The van der Waals surface area contributed by atoms with Crippen molar-refractivity contribution in [1.29, 1.82) is 0 Å². The summed E-state index contributed by atoms with van der Waals surface area (Å²) < 4.78 is 0. The third-order valence-electron chi connectivity index (χ3n) is 4.34. The molecule has 2 nitrogen and oxygen atoms in total. The Hall–Kier alpha value is -1.93. The summed E-state index contributed by atoms with van der Waals surface area (Å²) in [6, 6.07) is 20.5. The highest BCUT2D eigenvalue weighted by Crippen LogP contribution is 2.37. The number of rotatable bonds is 3. The molecule has 0 bridgehead atoms. The molecule has 1 atom stereocenters.